The zero-order valence-corrected chi connectivity index (χ0v) is 10.7. The van der Waals surface area contributed by atoms with Gasteiger partial charge in [-0.3, -0.25) is 0 Å². The molecule has 0 unspecified atom stereocenters. The van der Waals surface area contributed by atoms with Crippen molar-refractivity contribution in [3.8, 4) is 0 Å². The molecule has 1 aromatic carbocycles. The Kier molecular flexibility index (Phi) is 4.92. The Bertz CT molecular complexity index is 289. The van der Waals surface area contributed by atoms with Gasteiger partial charge in [0.15, 0.2) is 0 Å². The van der Waals surface area contributed by atoms with Gasteiger partial charge in [0, 0.05) is 26.3 Å². The summed E-state index contributed by atoms with van der Waals surface area (Å²) in [6.07, 6.45) is 0. The quantitative estimate of drug-likeness (QED) is 0.515. The second kappa shape index (κ2) is 4.77. The van der Waals surface area contributed by atoms with Crippen LogP contribution in [0.3, 0.4) is 0 Å². The van der Waals surface area contributed by atoms with E-state index < -0.39 is 0 Å². The van der Waals surface area contributed by atoms with Crippen LogP contribution in [-0.4, -0.2) is 0 Å². The van der Waals surface area contributed by atoms with Crippen molar-refractivity contribution in [3.05, 3.63) is 23.8 Å². The van der Waals surface area contributed by atoms with Crippen LogP contribution in [0, 0.1) is 0 Å². The largest absolute Gasteiger partial charge is 0.142 e. The summed E-state index contributed by atoms with van der Waals surface area (Å²) in [7, 11) is 0. The van der Waals surface area contributed by atoms with Crippen molar-refractivity contribution in [2.24, 2.45) is 0 Å². The molecule has 76 valence electrons. The molecule has 0 atom stereocenters. The van der Waals surface area contributed by atoms with Crippen molar-refractivity contribution in [2.45, 2.75) is 36.0 Å². The number of hydrogen-bond donors (Lipinski definition) is 2. The molecular formula is C10H14NiS2. The van der Waals surface area contributed by atoms with Gasteiger partial charge in [-0.15, -0.1) is 25.3 Å². The zero-order chi connectivity index (χ0) is 9.35. The monoisotopic (exact) mass is 256 g/mol. The van der Waals surface area contributed by atoms with Gasteiger partial charge in [0.1, 0.15) is 0 Å². The number of thiol groups is 2. The molecule has 0 N–H and O–H groups in total. The van der Waals surface area contributed by atoms with Crippen LogP contribution >= 0.6 is 25.3 Å². The van der Waals surface area contributed by atoms with Crippen LogP contribution < -0.4 is 0 Å². The van der Waals surface area contributed by atoms with Crippen LogP contribution in [0.2, 0.25) is 0 Å². The summed E-state index contributed by atoms with van der Waals surface area (Å²) in [5.74, 6) is 0. The average Bonchev–Trinajstić information content (AvgIpc) is 1.92. The van der Waals surface area contributed by atoms with E-state index in [2.05, 4.69) is 52.1 Å². The summed E-state index contributed by atoms with van der Waals surface area (Å²) in [6, 6.07) is 6.07. The van der Waals surface area contributed by atoms with Gasteiger partial charge in [0.2, 0.25) is 0 Å². The smallest absolute Gasteiger partial charge is 0.0211 e. The molecule has 0 fully saturated rings. The zero-order valence-electron chi connectivity index (χ0n) is 7.94. The fraction of sp³-hybridized carbons (Fsp3) is 0.400. The molecule has 0 saturated carbocycles. The molecule has 0 saturated heterocycles. The van der Waals surface area contributed by atoms with Gasteiger partial charge in [-0.05, 0) is 17.0 Å². The van der Waals surface area contributed by atoms with Gasteiger partial charge in [0.05, 0.1) is 0 Å². The third kappa shape index (κ3) is 3.23. The third-order valence-corrected chi connectivity index (χ3v) is 2.85. The maximum absolute atomic E-state index is 4.43. The minimum Gasteiger partial charge on any atom is -0.142 e. The van der Waals surface area contributed by atoms with Crippen LogP contribution in [-0.2, 0) is 21.9 Å². The van der Waals surface area contributed by atoms with Crippen molar-refractivity contribution in [1.82, 2.24) is 0 Å². The predicted octanol–water partition coefficient (Wildman–Crippen LogP) is 3.56. The molecule has 13 heavy (non-hydrogen) atoms. The molecule has 0 aromatic heterocycles. The first-order valence-electron chi connectivity index (χ1n) is 3.94. The predicted molar refractivity (Wildman–Crippen MR) is 59.6 cm³/mol. The fourth-order valence-electron chi connectivity index (χ4n) is 1.14. The van der Waals surface area contributed by atoms with E-state index in [1.54, 1.807) is 0 Å². The Morgan fingerprint density at radius 1 is 1.08 bits per heavy atom. The van der Waals surface area contributed by atoms with Gasteiger partial charge in [-0.25, -0.2) is 0 Å². The molecule has 0 spiro atoms. The molecule has 0 nitrogen and oxygen atoms in total. The van der Waals surface area contributed by atoms with Crippen LogP contribution in [0.1, 0.15) is 26.3 Å². The van der Waals surface area contributed by atoms with E-state index in [0.717, 1.165) is 9.79 Å². The van der Waals surface area contributed by atoms with Gasteiger partial charge in [-0.2, -0.15) is 0 Å². The summed E-state index contributed by atoms with van der Waals surface area (Å²) in [4.78, 5) is 1.94. The minimum atomic E-state index is 0. The van der Waals surface area contributed by atoms with Crippen molar-refractivity contribution < 1.29 is 16.5 Å². The summed E-state index contributed by atoms with van der Waals surface area (Å²) < 4.78 is 0. The summed E-state index contributed by atoms with van der Waals surface area (Å²) in [6.45, 7) is 6.53. The van der Waals surface area contributed by atoms with E-state index in [1.807, 2.05) is 12.1 Å². The number of hydrogen-bond acceptors (Lipinski definition) is 2. The molecule has 0 radical (unpaired) electrons. The molecule has 1 rings (SSSR count). The van der Waals surface area contributed by atoms with E-state index in [9.17, 15) is 0 Å². The van der Waals surface area contributed by atoms with Crippen molar-refractivity contribution in [2.75, 3.05) is 0 Å². The van der Waals surface area contributed by atoms with E-state index in [4.69, 9.17) is 0 Å². The third-order valence-electron chi connectivity index (χ3n) is 1.82. The Morgan fingerprint density at radius 2 is 1.62 bits per heavy atom. The van der Waals surface area contributed by atoms with Crippen LogP contribution in [0.4, 0.5) is 0 Å². The molecule has 0 aliphatic carbocycles. The van der Waals surface area contributed by atoms with E-state index >= 15 is 0 Å². The first-order valence-corrected chi connectivity index (χ1v) is 4.84. The number of rotatable bonds is 0. The molecule has 0 aliphatic heterocycles. The second-order valence-corrected chi connectivity index (χ2v) is 4.85. The number of benzene rings is 1. The van der Waals surface area contributed by atoms with Crippen molar-refractivity contribution >= 4 is 25.3 Å². The van der Waals surface area contributed by atoms with Gasteiger partial charge in [0.25, 0.3) is 0 Å². The van der Waals surface area contributed by atoms with E-state index in [1.165, 1.54) is 5.56 Å². The summed E-state index contributed by atoms with van der Waals surface area (Å²) in [5.41, 5.74) is 1.40. The Morgan fingerprint density at radius 3 is 2.00 bits per heavy atom. The first-order chi connectivity index (χ1) is 5.43. The van der Waals surface area contributed by atoms with Gasteiger partial charge < -0.3 is 0 Å². The minimum absolute atomic E-state index is 0. The standard InChI is InChI=1S/C10H14S2.Ni/c1-10(2,3)7-5-4-6-8(11)9(7)12;/h4-6,11-12H,1-3H3;. The Balaban J connectivity index is 0.00000144. The topological polar surface area (TPSA) is 0 Å². The molecule has 3 heteroatoms. The second-order valence-electron chi connectivity index (χ2n) is 3.92. The molecule has 0 amide bonds. The van der Waals surface area contributed by atoms with Crippen molar-refractivity contribution in [1.29, 1.82) is 0 Å². The Labute approximate surface area is 101 Å². The maximum Gasteiger partial charge on any atom is 0.0211 e. The first kappa shape index (κ1) is 13.4. The molecule has 0 bridgehead atoms. The average molecular weight is 257 g/mol. The SMILES string of the molecule is CC(C)(C)c1cccc(S)c1S.[Ni]. The normalized spacial score (nSPS) is 10.8. The molecule has 0 aliphatic rings. The summed E-state index contributed by atoms with van der Waals surface area (Å²) in [5, 5.41) is 0. The van der Waals surface area contributed by atoms with Gasteiger partial charge in [-0.1, -0.05) is 32.9 Å². The van der Waals surface area contributed by atoms with Crippen molar-refractivity contribution in [3.63, 3.8) is 0 Å². The maximum atomic E-state index is 4.43. The van der Waals surface area contributed by atoms with Crippen LogP contribution in [0.15, 0.2) is 28.0 Å². The summed E-state index contributed by atoms with van der Waals surface area (Å²) >= 11 is 8.75. The molecule has 0 heterocycles. The van der Waals surface area contributed by atoms with Crippen LogP contribution in [0.25, 0.3) is 0 Å². The fourth-order valence-corrected chi connectivity index (χ4v) is 1.83. The molecular weight excluding hydrogens is 243 g/mol. The van der Waals surface area contributed by atoms with E-state index in [-0.39, 0.29) is 21.9 Å². The molecule has 1 aromatic rings. The van der Waals surface area contributed by atoms with Gasteiger partial charge >= 0.3 is 0 Å². The van der Waals surface area contributed by atoms with Crippen LogP contribution in [0.5, 0.6) is 0 Å². The Hall–Kier alpha value is 0.414. The van der Waals surface area contributed by atoms with E-state index in [0.29, 0.717) is 0 Å².